The SMILES string of the molecule is COC(=O)OCOc1c2n(ccc1=O)N([C@@H]1c3ccccc3SCc3c1ccc(F)c3F)[C@@H]1CCC3(CC3CO)CN1C2=O. The maximum atomic E-state index is 15.4. The number of pyridine rings is 1. The number of aliphatic hydroxyl groups excluding tert-OH is 1. The highest BCUT2D eigenvalue weighted by atomic mass is 32.2. The smallest absolute Gasteiger partial charge is 0.451 e. The number of methoxy groups -OCH3 is 1. The number of fused-ring (bicyclic) bond motifs is 4. The van der Waals surface area contributed by atoms with Crippen molar-refractivity contribution in [1.82, 2.24) is 9.58 Å². The highest BCUT2D eigenvalue weighted by Gasteiger charge is 2.60. The molecule has 2 fully saturated rings. The van der Waals surface area contributed by atoms with Crippen LogP contribution in [0.2, 0.25) is 0 Å². The predicted octanol–water partition coefficient (Wildman–Crippen LogP) is 4.15. The highest BCUT2D eigenvalue weighted by Crippen LogP contribution is 2.59. The van der Waals surface area contributed by atoms with Crippen LogP contribution in [0.25, 0.3) is 0 Å². The molecule has 1 saturated heterocycles. The number of thioether (sulfide) groups is 1. The standard InChI is InChI=1S/C31H29F2N3O7S/c1-41-30(40)43-16-42-28-22(38)9-11-35-27(28)29(39)34-15-31(12-17(31)13-37)10-8-24(34)36(35)26-18-6-7-21(32)25(33)20(18)14-44-23-5-3-2-4-19(23)26/h2-7,9,11,17,24,26,37H,8,10,12-16H2,1H3/t17?,24-,26+,31?/m1/s1. The lowest BCUT2D eigenvalue weighted by atomic mass is 9.87. The molecule has 1 spiro atoms. The lowest BCUT2D eigenvalue weighted by Gasteiger charge is -2.53. The zero-order valence-corrected chi connectivity index (χ0v) is 24.5. The fourth-order valence-electron chi connectivity index (χ4n) is 7.03. The molecule has 1 N–H and O–H groups in total. The summed E-state index contributed by atoms with van der Waals surface area (Å²) in [5, 5.41) is 11.9. The van der Waals surface area contributed by atoms with Crippen molar-refractivity contribution in [2.24, 2.45) is 11.3 Å². The summed E-state index contributed by atoms with van der Waals surface area (Å²) in [6.07, 6.45) is 2.00. The molecule has 2 aromatic carbocycles. The first-order valence-electron chi connectivity index (χ1n) is 14.3. The van der Waals surface area contributed by atoms with Crippen molar-refractivity contribution in [1.29, 1.82) is 0 Å². The molecule has 1 aliphatic carbocycles. The van der Waals surface area contributed by atoms with Crippen LogP contribution in [0.5, 0.6) is 5.75 Å². The molecule has 4 heterocycles. The van der Waals surface area contributed by atoms with Gasteiger partial charge in [-0.15, -0.1) is 11.8 Å². The van der Waals surface area contributed by atoms with Crippen LogP contribution in [0.3, 0.4) is 0 Å². The van der Waals surface area contributed by atoms with Crippen LogP contribution in [-0.2, 0) is 15.2 Å². The number of carbonyl (C=O) groups excluding carboxylic acids is 2. The maximum absolute atomic E-state index is 15.4. The highest BCUT2D eigenvalue weighted by molar-refractivity contribution is 7.98. The molecule has 3 aromatic rings. The number of halogens is 2. The van der Waals surface area contributed by atoms with Gasteiger partial charge in [-0.25, -0.2) is 13.6 Å². The Kier molecular flexibility index (Phi) is 7.04. The van der Waals surface area contributed by atoms with Crippen LogP contribution in [0, 0.1) is 23.0 Å². The van der Waals surface area contributed by atoms with Gasteiger partial charge in [-0.3, -0.25) is 19.3 Å². The van der Waals surface area contributed by atoms with Gasteiger partial charge in [-0.2, -0.15) is 0 Å². The van der Waals surface area contributed by atoms with E-state index in [1.807, 2.05) is 29.3 Å². The van der Waals surface area contributed by atoms with Crippen molar-refractivity contribution in [2.75, 3.05) is 32.1 Å². The molecule has 10 nitrogen and oxygen atoms in total. The number of aromatic nitrogens is 1. The molecule has 1 amide bonds. The van der Waals surface area contributed by atoms with Gasteiger partial charge in [0.05, 0.1) is 13.2 Å². The van der Waals surface area contributed by atoms with Crippen molar-refractivity contribution in [3.8, 4) is 5.75 Å². The molecule has 3 aliphatic heterocycles. The van der Waals surface area contributed by atoms with Crippen molar-refractivity contribution in [3.05, 3.63) is 92.9 Å². The Balaban J connectivity index is 1.43. The number of ether oxygens (including phenoxy) is 3. The van der Waals surface area contributed by atoms with E-state index in [1.54, 1.807) is 15.6 Å². The summed E-state index contributed by atoms with van der Waals surface area (Å²) >= 11 is 1.40. The molecule has 2 unspecified atom stereocenters. The molecule has 7 rings (SSSR count). The van der Waals surface area contributed by atoms with E-state index < -0.39 is 48.1 Å². The first-order valence-corrected chi connectivity index (χ1v) is 15.2. The third-order valence-corrected chi connectivity index (χ3v) is 10.4. The van der Waals surface area contributed by atoms with E-state index in [1.165, 1.54) is 24.0 Å². The summed E-state index contributed by atoms with van der Waals surface area (Å²) < 4.78 is 46.5. The first kappa shape index (κ1) is 28.7. The predicted molar refractivity (Wildman–Crippen MR) is 154 cm³/mol. The second-order valence-electron chi connectivity index (χ2n) is 11.5. The minimum Gasteiger partial charge on any atom is -0.451 e. The number of benzene rings is 2. The van der Waals surface area contributed by atoms with E-state index in [0.29, 0.717) is 18.5 Å². The Morgan fingerprint density at radius 2 is 1.95 bits per heavy atom. The Labute approximate surface area is 255 Å². The molecule has 4 atom stereocenters. The molecule has 4 aliphatic rings. The topological polar surface area (TPSA) is 111 Å². The number of hydrogen-bond donors (Lipinski definition) is 1. The first-order chi connectivity index (χ1) is 21.3. The van der Waals surface area contributed by atoms with Crippen molar-refractivity contribution in [2.45, 2.75) is 42.1 Å². The van der Waals surface area contributed by atoms with Gasteiger partial charge in [-0.1, -0.05) is 24.3 Å². The summed E-state index contributed by atoms with van der Waals surface area (Å²) in [6.45, 7) is -0.327. The van der Waals surface area contributed by atoms with Crippen LogP contribution in [0.1, 0.15) is 52.5 Å². The van der Waals surface area contributed by atoms with E-state index >= 15 is 4.39 Å². The molecule has 1 saturated carbocycles. The van der Waals surface area contributed by atoms with Gasteiger partial charge in [0.15, 0.2) is 17.3 Å². The van der Waals surface area contributed by atoms with Crippen molar-refractivity contribution >= 4 is 23.8 Å². The zero-order valence-electron chi connectivity index (χ0n) is 23.7. The fourth-order valence-corrected chi connectivity index (χ4v) is 8.14. The molecule has 0 radical (unpaired) electrons. The minimum absolute atomic E-state index is 0.0110. The van der Waals surface area contributed by atoms with Crippen LogP contribution < -0.4 is 15.2 Å². The Hall–Kier alpha value is -4.10. The average Bonchev–Trinajstić information content (AvgIpc) is 3.75. The lowest BCUT2D eigenvalue weighted by Crippen LogP contribution is -2.65. The summed E-state index contributed by atoms with van der Waals surface area (Å²) in [6, 6.07) is 10.9. The van der Waals surface area contributed by atoms with Gasteiger partial charge in [0.1, 0.15) is 6.17 Å². The van der Waals surface area contributed by atoms with Crippen LogP contribution in [0.4, 0.5) is 13.6 Å². The molecular formula is C31H29F2N3O7S. The van der Waals surface area contributed by atoms with Crippen molar-refractivity contribution < 1.29 is 37.7 Å². The number of hydrogen-bond acceptors (Lipinski definition) is 9. The fraction of sp³-hybridized carbons (Fsp3) is 0.387. The van der Waals surface area contributed by atoms with E-state index in [2.05, 4.69) is 4.74 Å². The van der Waals surface area contributed by atoms with Crippen LogP contribution >= 0.6 is 11.8 Å². The Morgan fingerprint density at radius 1 is 1.14 bits per heavy atom. The number of piperidine rings is 1. The van der Waals surface area contributed by atoms with E-state index in [-0.39, 0.29) is 40.7 Å². The van der Waals surface area contributed by atoms with Crippen molar-refractivity contribution in [3.63, 3.8) is 0 Å². The maximum Gasteiger partial charge on any atom is 0.510 e. The molecule has 44 heavy (non-hydrogen) atoms. The number of nitrogens with zero attached hydrogens (tertiary/aromatic N) is 3. The number of aliphatic hydroxyl groups is 1. The number of rotatable bonds is 5. The van der Waals surface area contributed by atoms with Crippen LogP contribution in [0.15, 0.2) is 58.4 Å². The molecular weight excluding hydrogens is 596 g/mol. The van der Waals surface area contributed by atoms with E-state index in [4.69, 9.17) is 9.47 Å². The number of amides is 1. The summed E-state index contributed by atoms with van der Waals surface area (Å²) in [7, 11) is 1.13. The van der Waals surface area contributed by atoms with Gasteiger partial charge in [0, 0.05) is 41.6 Å². The molecule has 1 aromatic heterocycles. The third-order valence-electron chi connectivity index (χ3n) is 9.30. The minimum atomic E-state index is -1.02. The largest absolute Gasteiger partial charge is 0.510 e. The lowest BCUT2D eigenvalue weighted by molar-refractivity contribution is 0.0110. The summed E-state index contributed by atoms with van der Waals surface area (Å²) in [5.41, 5.74) is 0.657. The second kappa shape index (κ2) is 10.8. The van der Waals surface area contributed by atoms with Crippen LogP contribution in [-0.4, -0.2) is 60.0 Å². The summed E-state index contributed by atoms with van der Waals surface area (Å²) in [5.74, 6) is -2.39. The second-order valence-corrected chi connectivity index (χ2v) is 12.5. The van der Waals surface area contributed by atoms with Gasteiger partial charge in [0.25, 0.3) is 5.91 Å². The Morgan fingerprint density at radius 3 is 2.73 bits per heavy atom. The summed E-state index contributed by atoms with van der Waals surface area (Å²) in [4.78, 5) is 41.6. The normalized spacial score (nSPS) is 24.9. The van der Waals surface area contributed by atoms with Gasteiger partial charge in [-0.05, 0) is 53.9 Å². The van der Waals surface area contributed by atoms with E-state index in [0.717, 1.165) is 36.5 Å². The molecule has 13 heteroatoms. The van der Waals surface area contributed by atoms with Gasteiger partial charge in [0.2, 0.25) is 18.0 Å². The monoisotopic (exact) mass is 625 g/mol. The van der Waals surface area contributed by atoms with Gasteiger partial charge >= 0.3 is 6.16 Å². The third kappa shape index (κ3) is 4.43. The quantitative estimate of drug-likeness (QED) is 0.330. The molecule has 230 valence electrons. The van der Waals surface area contributed by atoms with E-state index in [9.17, 15) is 23.9 Å². The molecule has 0 bridgehead atoms. The van der Waals surface area contributed by atoms with Gasteiger partial charge < -0.3 is 24.2 Å². The number of carbonyl (C=O) groups is 2. The Bertz CT molecular complexity index is 1730. The average molecular weight is 626 g/mol. The zero-order chi connectivity index (χ0) is 30.7.